The second kappa shape index (κ2) is 40.5. The van der Waals surface area contributed by atoms with Crippen LogP contribution < -0.4 is 10.6 Å². The van der Waals surface area contributed by atoms with Gasteiger partial charge in [0, 0.05) is 12.8 Å². The van der Waals surface area contributed by atoms with Crippen LogP contribution in [0.5, 0.6) is 0 Å². The molecule has 0 heterocycles. The summed E-state index contributed by atoms with van der Waals surface area (Å²) in [5.41, 5.74) is 0. The van der Waals surface area contributed by atoms with Crippen molar-refractivity contribution in [3.05, 3.63) is 48.6 Å². The molecule has 55 heavy (non-hydrogen) atoms. The number of esters is 1. The van der Waals surface area contributed by atoms with Crippen molar-refractivity contribution in [2.45, 2.75) is 206 Å². The fourth-order valence-electron chi connectivity index (χ4n) is 6.10. The van der Waals surface area contributed by atoms with Gasteiger partial charge in [0.25, 0.3) is 0 Å². The van der Waals surface area contributed by atoms with E-state index in [2.05, 4.69) is 67.0 Å². The first kappa shape index (κ1) is 51.8. The maximum atomic E-state index is 12.7. The summed E-state index contributed by atoms with van der Waals surface area (Å²) >= 11 is 0. The second-order valence-corrected chi connectivity index (χ2v) is 14.8. The lowest BCUT2D eigenvalue weighted by Gasteiger charge is -2.15. The van der Waals surface area contributed by atoms with Crippen LogP contribution in [0.1, 0.15) is 194 Å². The summed E-state index contributed by atoms with van der Waals surface area (Å²) in [5.74, 6) is -2.41. The first-order chi connectivity index (χ1) is 26.8. The Kier molecular flexibility index (Phi) is 38.1. The smallest absolute Gasteiger partial charge is 0.328 e. The van der Waals surface area contributed by atoms with Crippen molar-refractivity contribution in [3.8, 4) is 0 Å². The molecule has 0 saturated carbocycles. The minimum Gasteiger partial charge on any atom is -0.480 e. The van der Waals surface area contributed by atoms with Crippen LogP contribution in [-0.4, -0.2) is 59.3 Å². The Balaban J connectivity index is 4.02. The number of aliphatic carboxylic acids is 1. The molecule has 316 valence electrons. The molecule has 0 aromatic heterocycles. The number of nitrogens with one attached hydrogen (secondary N) is 2. The molecule has 9 nitrogen and oxygen atoms in total. The van der Waals surface area contributed by atoms with Crippen LogP contribution in [0, 0.1) is 0 Å². The fourth-order valence-corrected chi connectivity index (χ4v) is 6.10. The number of carboxylic acid groups (broad SMARTS) is 1. The van der Waals surface area contributed by atoms with Gasteiger partial charge in [0.05, 0.1) is 13.2 Å². The third-order valence-corrected chi connectivity index (χ3v) is 9.53. The fraction of sp³-hybridized carbons (Fsp3) is 0.739. The zero-order valence-corrected chi connectivity index (χ0v) is 34.9. The number of unbranched alkanes of at least 4 members (excludes halogenated alkanes) is 19. The quantitative estimate of drug-likeness (QED) is 0.0277. The molecule has 9 heteroatoms. The van der Waals surface area contributed by atoms with Crippen molar-refractivity contribution in [2.24, 2.45) is 0 Å². The van der Waals surface area contributed by atoms with Crippen LogP contribution in [0.3, 0.4) is 0 Å². The van der Waals surface area contributed by atoms with Crippen LogP contribution in [0.4, 0.5) is 0 Å². The van der Waals surface area contributed by atoms with Gasteiger partial charge >= 0.3 is 11.9 Å². The lowest BCUT2D eigenvalue weighted by Crippen LogP contribution is -2.47. The van der Waals surface area contributed by atoms with Gasteiger partial charge in [-0.05, 0) is 83.1 Å². The number of carboxylic acids is 1. The zero-order valence-electron chi connectivity index (χ0n) is 34.9. The van der Waals surface area contributed by atoms with E-state index in [1.807, 2.05) is 6.08 Å². The Labute approximate surface area is 335 Å². The van der Waals surface area contributed by atoms with Crippen molar-refractivity contribution in [1.29, 1.82) is 0 Å². The average molecular weight is 773 g/mol. The number of carbonyl (C=O) groups excluding carboxylic acids is 3. The maximum Gasteiger partial charge on any atom is 0.328 e. The van der Waals surface area contributed by atoms with Gasteiger partial charge in [-0.15, -0.1) is 0 Å². The highest BCUT2D eigenvalue weighted by Gasteiger charge is 2.18. The number of allylic oxidation sites excluding steroid dienone is 7. The maximum absolute atomic E-state index is 12.7. The highest BCUT2D eigenvalue weighted by molar-refractivity contribution is 5.87. The van der Waals surface area contributed by atoms with Gasteiger partial charge in [-0.1, -0.05) is 146 Å². The average Bonchev–Trinajstić information content (AvgIpc) is 3.17. The lowest BCUT2D eigenvalue weighted by molar-refractivity contribution is -0.147. The summed E-state index contributed by atoms with van der Waals surface area (Å²) < 4.78 is 5.86. The lowest BCUT2D eigenvalue weighted by atomic mass is 10.1. The topological polar surface area (TPSA) is 142 Å². The molecule has 2 unspecified atom stereocenters. The minimum atomic E-state index is -1.39. The van der Waals surface area contributed by atoms with E-state index >= 15 is 0 Å². The van der Waals surface area contributed by atoms with Gasteiger partial charge in [-0.3, -0.25) is 14.4 Å². The van der Waals surface area contributed by atoms with E-state index in [9.17, 15) is 19.2 Å². The van der Waals surface area contributed by atoms with Crippen molar-refractivity contribution in [3.63, 3.8) is 0 Å². The summed E-state index contributed by atoms with van der Waals surface area (Å²) in [5, 5.41) is 22.5. The second-order valence-electron chi connectivity index (χ2n) is 14.8. The number of aliphatic hydroxyl groups is 1. The summed E-state index contributed by atoms with van der Waals surface area (Å²) in [6.45, 7) is 3.38. The normalized spacial score (nSPS) is 12.9. The SMILES string of the molecule is CCCCC/C=C\C(CCCCCCC(=O)NCC(=O)NC(CO)C(=O)O)OC(=O)CCCCCCCCCC/C=C\C/C=C\C/C=C\CCCCCCC. The third kappa shape index (κ3) is 37.5. The van der Waals surface area contributed by atoms with E-state index in [4.69, 9.17) is 14.9 Å². The molecule has 4 N–H and O–H groups in total. The van der Waals surface area contributed by atoms with Crippen LogP contribution in [-0.2, 0) is 23.9 Å². The van der Waals surface area contributed by atoms with Crippen LogP contribution in [0.25, 0.3) is 0 Å². The molecule has 0 aromatic rings. The molecular weight excluding hydrogens is 693 g/mol. The van der Waals surface area contributed by atoms with E-state index in [0.29, 0.717) is 12.8 Å². The zero-order chi connectivity index (χ0) is 40.5. The number of ether oxygens (including phenoxy) is 1. The highest BCUT2D eigenvalue weighted by Crippen LogP contribution is 2.15. The molecule has 0 radical (unpaired) electrons. The number of aliphatic hydroxyl groups excluding tert-OH is 1. The third-order valence-electron chi connectivity index (χ3n) is 9.53. The molecule has 0 aromatic carbocycles. The monoisotopic (exact) mass is 773 g/mol. The highest BCUT2D eigenvalue weighted by atomic mass is 16.5. The Morgan fingerprint density at radius 2 is 1.04 bits per heavy atom. The predicted octanol–water partition coefficient (Wildman–Crippen LogP) is 10.8. The van der Waals surface area contributed by atoms with Crippen LogP contribution >= 0.6 is 0 Å². The Morgan fingerprint density at radius 1 is 0.564 bits per heavy atom. The molecule has 0 rings (SSSR count). The van der Waals surface area contributed by atoms with Gasteiger partial charge < -0.3 is 25.6 Å². The van der Waals surface area contributed by atoms with Crippen molar-refractivity contribution >= 4 is 23.8 Å². The molecule has 0 spiro atoms. The first-order valence-electron chi connectivity index (χ1n) is 22.0. The van der Waals surface area contributed by atoms with Crippen LogP contribution in [0.15, 0.2) is 48.6 Å². The molecule has 0 saturated heterocycles. The molecule has 0 bridgehead atoms. The minimum absolute atomic E-state index is 0.124. The molecule has 2 atom stereocenters. The van der Waals surface area contributed by atoms with E-state index in [1.165, 1.54) is 83.5 Å². The molecular formula is C46H80N2O7. The molecule has 0 aliphatic heterocycles. The first-order valence-corrected chi connectivity index (χ1v) is 22.0. The van der Waals surface area contributed by atoms with Crippen LogP contribution in [0.2, 0.25) is 0 Å². The molecule has 2 amide bonds. The van der Waals surface area contributed by atoms with E-state index in [1.54, 1.807) is 0 Å². The summed E-state index contributed by atoms with van der Waals surface area (Å²) in [4.78, 5) is 47.4. The van der Waals surface area contributed by atoms with Crippen molar-refractivity contribution in [1.82, 2.24) is 10.6 Å². The van der Waals surface area contributed by atoms with Gasteiger partial charge in [0.1, 0.15) is 12.1 Å². The summed E-state index contributed by atoms with van der Waals surface area (Å²) in [6.07, 6.45) is 47.5. The molecule has 0 aliphatic carbocycles. The Bertz CT molecular complexity index is 1070. The van der Waals surface area contributed by atoms with Crippen molar-refractivity contribution < 1.29 is 34.1 Å². The van der Waals surface area contributed by atoms with Gasteiger partial charge in [0.2, 0.25) is 11.8 Å². The Morgan fingerprint density at radius 3 is 1.62 bits per heavy atom. The molecule has 0 aliphatic rings. The van der Waals surface area contributed by atoms with E-state index in [-0.39, 0.29) is 30.9 Å². The van der Waals surface area contributed by atoms with Gasteiger partial charge in [0.15, 0.2) is 0 Å². The number of hydrogen-bond acceptors (Lipinski definition) is 6. The standard InChI is InChI=1S/C46H80N2O7/c1-3-5-7-9-10-11-12-13-14-15-16-17-18-19-20-21-22-23-24-25-26-28-34-38-45(52)55-41(35-31-27-8-6-4-2)36-32-29-30-33-37-43(50)47-39-44(51)48-42(40-49)46(53)54/h12-13,15-16,18-19,31,35,41-42,49H,3-11,14,17,20-30,32-34,36-40H2,1-2H3,(H,47,50)(H,48,51)(H,53,54)/b13-12-,16-15-,19-18-,35-31-. The summed E-state index contributed by atoms with van der Waals surface area (Å²) in [6, 6.07) is -1.39. The number of amides is 2. The van der Waals surface area contributed by atoms with Gasteiger partial charge in [-0.2, -0.15) is 0 Å². The number of rotatable bonds is 39. The Hall–Kier alpha value is -3.20. The van der Waals surface area contributed by atoms with E-state index in [0.717, 1.165) is 77.0 Å². The van der Waals surface area contributed by atoms with Crippen molar-refractivity contribution in [2.75, 3.05) is 13.2 Å². The number of hydrogen-bond donors (Lipinski definition) is 4. The number of carbonyl (C=O) groups is 4. The van der Waals surface area contributed by atoms with Gasteiger partial charge in [-0.25, -0.2) is 4.79 Å². The van der Waals surface area contributed by atoms with E-state index < -0.39 is 24.5 Å². The predicted molar refractivity (Wildman–Crippen MR) is 227 cm³/mol. The summed E-state index contributed by atoms with van der Waals surface area (Å²) in [7, 11) is 0. The largest absolute Gasteiger partial charge is 0.480 e. The molecule has 0 fully saturated rings.